The maximum absolute atomic E-state index is 13.8. The van der Waals surface area contributed by atoms with Crippen molar-refractivity contribution in [1.29, 1.82) is 0 Å². The Balaban J connectivity index is 3.26. The third kappa shape index (κ3) is 4.16. The highest BCUT2D eigenvalue weighted by atomic mass is 19.4. The molecule has 0 saturated carbocycles. The summed E-state index contributed by atoms with van der Waals surface area (Å²) in [4.78, 5) is 10.8. The molecule has 1 aromatic carbocycles. The van der Waals surface area contributed by atoms with Crippen LogP contribution in [0.3, 0.4) is 0 Å². The first-order valence-corrected chi connectivity index (χ1v) is 6.44. The van der Waals surface area contributed by atoms with Crippen molar-refractivity contribution in [1.82, 2.24) is 0 Å². The third-order valence-electron chi connectivity index (χ3n) is 3.20. The second kappa shape index (κ2) is 6.23. The molecule has 3 nitrogen and oxygen atoms in total. The standard InChI is InChI=1S/C14H13F7O3/c1-8(22)24-10-5-3-4-9(6-10)11(2,23)7-12(15,13(16,17)18)14(19,20)21/h3-6,23H,7H2,1-2H3. The zero-order valence-corrected chi connectivity index (χ0v) is 12.4. The van der Waals surface area contributed by atoms with Gasteiger partial charge in [0.05, 0.1) is 5.60 Å². The van der Waals surface area contributed by atoms with Crippen LogP contribution in [-0.4, -0.2) is 29.1 Å². The van der Waals surface area contributed by atoms with Crippen molar-refractivity contribution in [3.8, 4) is 5.75 Å². The summed E-state index contributed by atoms with van der Waals surface area (Å²) in [7, 11) is 0. The largest absolute Gasteiger partial charge is 0.431 e. The molecule has 0 heterocycles. The van der Waals surface area contributed by atoms with Crippen molar-refractivity contribution in [3.63, 3.8) is 0 Å². The smallest absolute Gasteiger partial charge is 0.427 e. The zero-order chi connectivity index (χ0) is 19.0. The van der Waals surface area contributed by atoms with Crippen LogP contribution < -0.4 is 4.74 Å². The normalized spacial score (nSPS) is 15.8. The molecule has 10 heteroatoms. The van der Waals surface area contributed by atoms with Crippen molar-refractivity contribution >= 4 is 5.97 Å². The van der Waals surface area contributed by atoms with Gasteiger partial charge in [0, 0.05) is 13.3 Å². The van der Waals surface area contributed by atoms with Crippen LogP contribution in [0.5, 0.6) is 5.75 Å². The highest BCUT2D eigenvalue weighted by molar-refractivity contribution is 5.69. The van der Waals surface area contributed by atoms with Gasteiger partial charge in [0.15, 0.2) is 0 Å². The number of benzene rings is 1. The van der Waals surface area contributed by atoms with Crippen LogP contribution in [0.15, 0.2) is 24.3 Å². The number of carbonyl (C=O) groups is 1. The van der Waals surface area contributed by atoms with Crippen molar-refractivity contribution < 1.29 is 45.4 Å². The topological polar surface area (TPSA) is 46.5 Å². The number of rotatable bonds is 4. The fourth-order valence-corrected chi connectivity index (χ4v) is 2.00. The Morgan fingerprint density at radius 3 is 2.00 bits per heavy atom. The molecule has 0 bridgehead atoms. The Morgan fingerprint density at radius 2 is 1.58 bits per heavy atom. The van der Waals surface area contributed by atoms with Gasteiger partial charge < -0.3 is 9.84 Å². The molecule has 0 radical (unpaired) electrons. The van der Waals surface area contributed by atoms with Crippen LogP contribution in [0, 0.1) is 0 Å². The van der Waals surface area contributed by atoms with E-state index in [1.165, 1.54) is 6.07 Å². The van der Waals surface area contributed by atoms with Gasteiger partial charge in [-0.3, -0.25) is 4.79 Å². The number of esters is 1. The highest BCUT2D eigenvalue weighted by Crippen LogP contribution is 2.51. The van der Waals surface area contributed by atoms with Crippen LogP contribution >= 0.6 is 0 Å². The molecule has 0 amide bonds. The molecule has 136 valence electrons. The molecule has 1 atom stereocenters. The molecule has 0 aliphatic rings. The van der Waals surface area contributed by atoms with Crippen LogP contribution in [0.4, 0.5) is 30.7 Å². The minimum Gasteiger partial charge on any atom is -0.427 e. The van der Waals surface area contributed by atoms with Crippen molar-refractivity contribution in [2.45, 2.75) is 43.9 Å². The van der Waals surface area contributed by atoms with Gasteiger partial charge in [-0.15, -0.1) is 0 Å². The van der Waals surface area contributed by atoms with E-state index in [0.717, 1.165) is 25.1 Å². The summed E-state index contributed by atoms with van der Waals surface area (Å²) >= 11 is 0. The Kier molecular flexibility index (Phi) is 5.24. The minimum absolute atomic E-state index is 0.219. The second-order valence-corrected chi connectivity index (χ2v) is 5.37. The van der Waals surface area contributed by atoms with E-state index in [4.69, 9.17) is 0 Å². The fourth-order valence-electron chi connectivity index (χ4n) is 2.00. The number of halogens is 7. The minimum atomic E-state index is -6.28. The zero-order valence-electron chi connectivity index (χ0n) is 12.4. The van der Waals surface area contributed by atoms with Gasteiger partial charge in [0.1, 0.15) is 5.75 Å². The van der Waals surface area contributed by atoms with Gasteiger partial charge in [-0.2, -0.15) is 26.3 Å². The van der Waals surface area contributed by atoms with Crippen molar-refractivity contribution in [3.05, 3.63) is 29.8 Å². The number of hydrogen-bond acceptors (Lipinski definition) is 3. The molecule has 24 heavy (non-hydrogen) atoms. The molecule has 0 aromatic heterocycles. The maximum Gasteiger partial charge on any atom is 0.431 e. The predicted molar refractivity (Wildman–Crippen MR) is 67.9 cm³/mol. The lowest BCUT2D eigenvalue weighted by Gasteiger charge is -2.36. The van der Waals surface area contributed by atoms with Crippen LogP contribution in [0.2, 0.25) is 0 Å². The van der Waals surface area contributed by atoms with E-state index in [2.05, 4.69) is 4.74 Å². The van der Waals surface area contributed by atoms with E-state index in [1.807, 2.05) is 0 Å². The first-order valence-electron chi connectivity index (χ1n) is 6.44. The lowest BCUT2D eigenvalue weighted by atomic mass is 9.83. The molecule has 0 aliphatic carbocycles. The summed E-state index contributed by atoms with van der Waals surface area (Å²) in [6, 6.07) is 4.16. The van der Waals surface area contributed by atoms with Crippen LogP contribution in [0.1, 0.15) is 25.8 Å². The molecule has 0 aliphatic heterocycles. The first kappa shape index (κ1) is 20.2. The summed E-state index contributed by atoms with van der Waals surface area (Å²) < 4.78 is 94.2. The van der Waals surface area contributed by atoms with Gasteiger partial charge in [0.25, 0.3) is 0 Å². The van der Waals surface area contributed by atoms with Crippen LogP contribution in [0.25, 0.3) is 0 Å². The van der Waals surface area contributed by atoms with Crippen molar-refractivity contribution in [2.75, 3.05) is 0 Å². The summed E-state index contributed by atoms with van der Waals surface area (Å²) in [5, 5.41) is 10.0. The first-order chi connectivity index (χ1) is 10.6. The summed E-state index contributed by atoms with van der Waals surface area (Å²) in [5.41, 5.74) is -8.92. The fraction of sp³-hybridized carbons (Fsp3) is 0.500. The lowest BCUT2D eigenvalue weighted by Crippen LogP contribution is -2.56. The Bertz CT molecular complexity index is 591. The highest BCUT2D eigenvalue weighted by Gasteiger charge is 2.73. The van der Waals surface area contributed by atoms with E-state index in [-0.39, 0.29) is 5.75 Å². The van der Waals surface area contributed by atoms with Gasteiger partial charge >= 0.3 is 24.0 Å². The number of hydrogen-bond donors (Lipinski definition) is 1. The molecule has 0 fully saturated rings. The quantitative estimate of drug-likeness (QED) is 0.500. The van der Waals surface area contributed by atoms with E-state index in [0.29, 0.717) is 6.92 Å². The molecule has 1 rings (SSSR count). The Labute approximate surface area is 132 Å². The Hall–Kier alpha value is -1.84. The summed E-state index contributed by atoms with van der Waals surface area (Å²) in [5.74, 6) is -1.01. The Morgan fingerprint density at radius 1 is 1.08 bits per heavy atom. The van der Waals surface area contributed by atoms with Crippen LogP contribution in [-0.2, 0) is 10.4 Å². The molecular formula is C14H13F7O3. The van der Waals surface area contributed by atoms with Crippen molar-refractivity contribution in [2.24, 2.45) is 0 Å². The van der Waals surface area contributed by atoms with E-state index in [9.17, 15) is 40.6 Å². The number of carbonyl (C=O) groups excluding carboxylic acids is 1. The average Bonchev–Trinajstić information content (AvgIpc) is 2.35. The van der Waals surface area contributed by atoms with Gasteiger partial charge in [0.2, 0.25) is 0 Å². The monoisotopic (exact) mass is 362 g/mol. The predicted octanol–water partition coefficient (Wildman–Crippen LogP) is 4.04. The second-order valence-electron chi connectivity index (χ2n) is 5.37. The maximum atomic E-state index is 13.8. The third-order valence-corrected chi connectivity index (χ3v) is 3.20. The van der Waals surface area contributed by atoms with Gasteiger partial charge in [-0.1, -0.05) is 12.1 Å². The molecule has 0 spiro atoms. The number of aliphatic hydroxyl groups is 1. The molecule has 1 N–H and O–H groups in total. The SMILES string of the molecule is CC(=O)Oc1cccc(C(C)(O)CC(F)(C(F)(F)F)C(F)(F)F)c1. The van der Waals surface area contributed by atoms with E-state index in [1.54, 1.807) is 0 Å². The number of ether oxygens (including phenoxy) is 1. The lowest BCUT2D eigenvalue weighted by molar-refractivity contribution is -0.352. The summed E-state index contributed by atoms with van der Waals surface area (Å²) in [6.07, 6.45) is -14.9. The molecule has 1 unspecified atom stereocenters. The van der Waals surface area contributed by atoms with E-state index < -0.39 is 41.6 Å². The van der Waals surface area contributed by atoms with Gasteiger partial charge in [-0.05, 0) is 24.6 Å². The average molecular weight is 362 g/mol. The molecule has 1 aromatic rings. The van der Waals surface area contributed by atoms with Gasteiger partial charge in [-0.25, -0.2) is 4.39 Å². The molecule has 0 saturated heterocycles. The summed E-state index contributed by atoms with van der Waals surface area (Å²) in [6.45, 7) is 1.62. The molecular weight excluding hydrogens is 349 g/mol. The number of alkyl halides is 7. The van der Waals surface area contributed by atoms with E-state index >= 15 is 0 Å².